The zero-order valence-corrected chi connectivity index (χ0v) is 18.6. The fourth-order valence-electron chi connectivity index (χ4n) is 5.01. The van der Waals surface area contributed by atoms with Gasteiger partial charge in [0.25, 0.3) is 0 Å². The summed E-state index contributed by atoms with van der Waals surface area (Å²) in [4.78, 5) is 12.6. The Morgan fingerprint density at radius 2 is 1.93 bits per heavy atom. The largest absolute Gasteiger partial charge is 0.373 e. The average Bonchev–Trinajstić information content (AvgIpc) is 3.44. The summed E-state index contributed by atoms with van der Waals surface area (Å²) >= 11 is 0. The summed E-state index contributed by atoms with van der Waals surface area (Å²) in [6, 6.07) is 11.3. The van der Waals surface area contributed by atoms with Crippen LogP contribution in [0.1, 0.15) is 38.2 Å². The predicted octanol–water partition coefficient (Wildman–Crippen LogP) is 2.41. The van der Waals surface area contributed by atoms with Crippen molar-refractivity contribution >= 4 is 5.96 Å². The highest BCUT2D eigenvalue weighted by Gasteiger charge is 2.41. The van der Waals surface area contributed by atoms with Crippen LogP contribution in [0.15, 0.2) is 35.3 Å². The third-order valence-electron chi connectivity index (χ3n) is 6.62. The SMILES string of the molecule is CCNC(=NCCCCN1CCCC1)N1CC2OCCN(Cc3ccccc3)C2C1. The molecule has 3 aliphatic rings. The molecule has 0 radical (unpaired) electrons. The molecule has 0 aromatic heterocycles. The zero-order valence-electron chi connectivity index (χ0n) is 18.6. The highest BCUT2D eigenvalue weighted by Crippen LogP contribution is 2.24. The Labute approximate surface area is 182 Å². The van der Waals surface area contributed by atoms with Crippen molar-refractivity contribution in [3.05, 3.63) is 35.9 Å². The average molecular weight is 414 g/mol. The zero-order chi connectivity index (χ0) is 20.6. The Morgan fingerprint density at radius 1 is 1.10 bits per heavy atom. The number of ether oxygens (including phenoxy) is 1. The van der Waals surface area contributed by atoms with E-state index in [1.165, 1.54) is 50.9 Å². The number of hydrogen-bond donors (Lipinski definition) is 1. The molecule has 2 atom stereocenters. The van der Waals surface area contributed by atoms with E-state index in [0.717, 1.165) is 51.8 Å². The second kappa shape index (κ2) is 11.1. The van der Waals surface area contributed by atoms with E-state index in [0.29, 0.717) is 6.04 Å². The number of morpholine rings is 1. The molecule has 3 aliphatic heterocycles. The van der Waals surface area contributed by atoms with E-state index >= 15 is 0 Å². The lowest BCUT2D eigenvalue weighted by atomic mass is 10.1. The molecule has 30 heavy (non-hydrogen) atoms. The number of benzene rings is 1. The van der Waals surface area contributed by atoms with Gasteiger partial charge in [-0.05, 0) is 57.8 Å². The molecule has 6 nitrogen and oxygen atoms in total. The molecule has 6 heteroatoms. The van der Waals surface area contributed by atoms with Crippen LogP contribution in [0.5, 0.6) is 0 Å². The van der Waals surface area contributed by atoms with Crippen molar-refractivity contribution in [2.24, 2.45) is 4.99 Å². The first-order chi connectivity index (χ1) is 14.8. The number of nitrogens with zero attached hydrogens (tertiary/aromatic N) is 4. The first-order valence-electron chi connectivity index (χ1n) is 12.0. The van der Waals surface area contributed by atoms with Crippen molar-refractivity contribution in [2.75, 3.05) is 59.0 Å². The van der Waals surface area contributed by atoms with E-state index in [1.54, 1.807) is 0 Å². The summed E-state index contributed by atoms with van der Waals surface area (Å²) in [5, 5.41) is 3.52. The summed E-state index contributed by atoms with van der Waals surface area (Å²) < 4.78 is 6.16. The van der Waals surface area contributed by atoms with E-state index in [2.05, 4.69) is 57.3 Å². The molecule has 0 saturated carbocycles. The molecule has 2 unspecified atom stereocenters. The molecule has 3 fully saturated rings. The van der Waals surface area contributed by atoms with Crippen molar-refractivity contribution in [1.82, 2.24) is 20.0 Å². The standard InChI is InChI=1S/C24H39N5O/c1-2-25-24(26-12-6-7-13-27-14-8-9-15-27)29-19-22-23(20-29)30-17-16-28(22)18-21-10-4-3-5-11-21/h3-5,10-11,22-23H,2,6-9,12-20H2,1H3,(H,25,26). The fourth-order valence-corrected chi connectivity index (χ4v) is 5.01. The monoisotopic (exact) mass is 413 g/mol. The van der Waals surface area contributed by atoms with Gasteiger partial charge in [0.1, 0.15) is 0 Å². The number of rotatable bonds is 8. The Bertz CT molecular complexity index is 661. The highest BCUT2D eigenvalue weighted by molar-refractivity contribution is 5.80. The molecule has 166 valence electrons. The van der Waals surface area contributed by atoms with Gasteiger partial charge in [-0.25, -0.2) is 0 Å². The van der Waals surface area contributed by atoms with Crippen LogP contribution in [0.4, 0.5) is 0 Å². The molecule has 1 aromatic rings. The van der Waals surface area contributed by atoms with Crippen LogP contribution in [0.25, 0.3) is 0 Å². The van der Waals surface area contributed by atoms with Gasteiger partial charge in [0.15, 0.2) is 5.96 Å². The van der Waals surface area contributed by atoms with Crippen LogP contribution in [0.3, 0.4) is 0 Å². The van der Waals surface area contributed by atoms with Gasteiger partial charge in [0.05, 0.1) is 18.8 Å². The molecular weight excluding hydrogens is 374 g/mol. The van der Waals surface area contributed by atoms with E-state index in [9.17, 15) is 0 Å². The second-order valence-electron chi connectivity index (χ2n) is 8.83. The van der Waals surface area contributed by atoms with Gasteiger partial charge in [-0.2, -0.15) is 0 Å². The first kappa shape index (κ1) is 21.6. The van der Waals surface area contributed by atoms with Gasteiger partial charge in [0.2, 0.25) is 0 Å². The molecule has 1 aromatic carbocycles. The lowest BCUT2D eigenvalue weighted by molar-refractivity contribution is -0.0502. The quantitative estimate of drug-likeness (QED) is 0.403. The maximum absolute atomic E-state index is 6.16. The molecule has 4 rings (SSSR count). The smallest absolute Gasteiger partial charge is 0.194 e. The van der Waals surface area contributed by atoms with Crippen LogP contribution in [0, 0.1) is 0 Å². The minimum absolute atomic E-state index is 0.279. The van der Waals surface area contributed by atoms with Crippen LogP contribution in [-0.4, -0.2) is 91.8 Å². The molecule has 0 aliphatic carbocycles. The third-order valence-corrected chi connectivity index (χ3v) is 6.62. The molecular formula is C24H39N5O. The lowest BCUT2D eigenvalue weighted by Gasteiger charge is -2.36. The summed E-state index contributed by atoms with van der Waals surface area (Å²) in [6.45, 7) is 12.6. The Morgan fingerprint density at radius 3 is 2.73 bits per heavy atom. The first-order valence-corrected chi connectivity index (χ1v) is 12.0. The van der Waals surface area contributed by atoms with Gasteiger partial charge in [-0.3, -0.25) is 9.89 Å². The minimum Gasteiger partial charge on any atom is -0.373 e. The van der Waals surface area contributed by atoms with Crippen molar-refractivity contribution in [3.8, 4) is 0 Å². The lowest BCUT2D eigenvalue weighted by Crippen LogP contribution is -2.50. The van der Waals surface area contributed by atoms with Gasteiger partial charge in [-0.1, -0.05) is 30.3 Å². The highest BCUT2D eigenvalue weighted by atomic mass is 16.5. The third kappa shape index (κ3) is 5.74. The van der Waals surface area contributed by atoms with Gasteiger partial charge < -0.3 is 19.9 Å². The normalized spacial score (nSPS) is 25.6. The van der Waals surface area contributed by atoms with E-state index in [1.807, 2.05) is 0 Å². The van der Waals surface area contributed by atoms with Gasteiger partial charge in [-0.15, -0.1) is 0 Å². The van der Waals surface area contributed by atoms with E-state index < -0.39 is 0 Å². The number of likely N-dealkylation sites (tertiary alicyclic amines) is 2. The van der Waals surface area contributed by atoms with Crippen LogP contribution < -0.4 is 5.32 Å². The summed E-state index contributed by atoms with van der Waals surface area (Å²) in [6.07, 6.45) is 5.46. The number of hydrogen-bond acceptors (Lipinski definition) is 4. The number of aliphatic imine (C=N–C) groups is 1. The van der Waals surface area contributed by atoms with E-state index in [-0.39, 0.29) is 6.10 Å². The van der Waals surface area contributed by atoms with Crippen molar-refractivity contribution in [2.45, 2.75) is 51.3 Å². The second-order valence-corrected chi connectivity index (χ2v) is 8.83. The number of guanidine groups is 1. The van der Waals surface area contributed by atoms with Crippen LogP contribution in [0.2, 0.25) is 0 Å². The van der Waals surface area contributed by atoms with Crippen molar-refractivity contribution in [1.29, 1.82) is 0 Å². The van der Waals surface area contributed by atoms with Crippen molar-refractivity contribution < 1.29 is 4.74 Å². The number of fused-ring (bicyclic) bond motifs is 1. The predicted molar refractivity (Wildman–Crippen MR) is 123 cm³/mol. The van der Waals surface area contributed by atoms with Crippen LogP contribution >= 0.6 is 0 Å². The molecule has 3 saturated heterocycles. The summed E-state index contributed by atoms with van der Waals surface area (Å²) in [7, 11) is 0. The Kier molecular flexibility index (Phi) is 8.01. The maximum Gasteiger partial charge on any atom is 0.194 e. The number of nitrogens with one attached hydrogen (secondary N) is 1. The Hall–Kier alpha value is -1.63. The molecule has 0 spiro atoms. The van der Waals surface area contributed by atoms with Crippen molar-refractivity contribution in [3.63, 3.8) is 0 Å². The minimum atomic E-state index is 0.279. The Balaban J connectivity index is 1.30. The van der Waals surface area contributed by atoms with Gasteiger partial charge >= 0.3 is 0 Å². The summed E-state index contributed by atoms with van der Waals surface area (Å²) in [5.41, 5.74) is 1.38. The van der Waals surface area contributed by atoms with E-state index in [4.69, 9.17) is 9.73 Å². The molecule has 3 heterocycles. The molecule has 0 amide bonds. The fraction of sp³-hybridized carbons (Fsp3) is 0.708. The number of unbranched alkanes of at least 4 members (excludes halogenated alkanes) is 1. The maximum atomic E-state index is 6.16. The topological polar surface area (TPSA) is 43.3 Å². The molecule has 1 N–H and O–H groups in total. The molecule has 0 bridgehead atoms. The summed E-state index contributed by atoms with van der Waals surface area (Å²) in [5.74, 6) is 1.07. The van der Waals surface area contributed by atoms with Crippen LogP contribution in [-0.2, 0) is 11.3 Å². The van der Waals surface area contributed by atoms with Gasteiger partial charge in [0, 0.05) is 39.3 Å².